The van der Waals surface area contributed by atoms with Crippen molar-refractivity contribution in [3.05, 3.63) is 0 Å². The molecule has 0 saturated carbocycles. The summed E-state index contributed by atoms with van der Waals surface area (Å²) < 4.78 is 33.8. The van der Waals surface area contributed by atoms with Crippen LogP contribution in [0.25, 0.3) is 0 Å². The normalized spacial score (nSPS) is 11.8. The van der Waals surface area contributed by atoms with Crippen LogP contribution in [-0.4, -0.2) is 58.4 Å². The van der Waals surface area contributed by atoms with Gasteiger partial charge in [0.25, 0.3) is 0 Å². The van der Waals surface area contributed by atoms with Crippen LogP contribution in [0.15, 0.2) is 0 Å². The molecule has 0 spiro atoms. The van der Waals surface area contributed by atoms with Crippen molar-refractivity contribution in [2.45, 2.75) is 13.3 Å². The molecule has 0 N–H and O–H groups in total. The van der Waals surface area contributed by atoms with Crippen molar-refractivity contribution in [2.24, 2.45) is 0 Å². The summed E-state index contributed by atoms with van der Waals surface area (Å²) in [6.45, 7) is 2.08. The molecule has 96 valence electrons. The van der Waals surface area contributed by atoms with Gasteiger partial charge in [-0.2, -0.15) is 4.31 Å². The maximum Gasteiger partial charge on any atom is 0.321 e. The Hall–Kier alpha value is -0.660. The van der Waals surface area contributed by atoms with Crippen molar-refractivity contribution >= 4 is 16.0 Å². The maximum absolute atomic E-state index is 11.8. The third kappa shape index (κ3) is 5.43. The first-order chi connectivity index (χ1) is 7.47. The molecule has 0 aliphatic heterocycles. The van der Waals surface area contributed by atoms with Crippen LogP contribution in [0.2, 0.25) is 0 Å². The first-order valence-corrected chi connectivity index (χ1v) is 6.62. The van der Waals surface area contributed by atoms with E-state index in [0.29, 0.717) is 13.0 Å². The number of carbonyl (C=O) groups is 1. The zero-order valence-corrected chi connectivity index (χ0v) is 10.7. The van der Waals surface area contributed by atoms with Crippen LogP contribution in [0.4, 0.5) is 0 Å². The molecule has 0 unspecified atom stereocenters. The van der Waals surface area contributed by atoms with E-state index in [4.69, 9.17) is 4.74 Å². The fraction of sp³-hybridized carbons (Fsp3) is 0.889. The highest BCUT2D eigenvalue weighted by molar-refractivity contribution is 7.89. The molecule has 0 aromatic heterocycles. The Bertz CT molecular complexity index is 301. The smallest absolute Gasteiger partial charge is 0.321 e. The molecule has 16 heavy (non-hydrogen) atoms. The number of likely N-dealkylation sites (N-methyl/N-ethyl adjacent to an activating group) is 1. The van der Waals surface area contributed by atoms with Gasteiger partial charge in [0, 0.05) is 20.3 Å². The van der Waals surface area contributed by atoms with Gasteiger partial charge in [0.15, 0.2) is 0 Å². The quantitative estimate of drug-likeness (QED) is 0.444. The van der Waals surface area contributed by atoms with Crippen molar-refractivity contribution in [3.8, 4) is 0 Å². The van der Waals surface area contributed by atoms with Crippen molar-refractivity contribution in [1.82, 2.24) is 4.31 Å². The third-order valence-electron chi connectivity index (χ3n) is 2.03. The lowest BCUT2D eigenvalue weighted by Crippen LogP contribution is -2.37. The molecule has 0 bridgehead atoms. The number of hydrogen-bond acceptors (Lipinski definition) is 5. The zero-order valence-electron chi connectivity index (χ0n) is 9.93. The number of rotatable bonds is 8. The van der Waals surface area contributed by atoms with Gasteiger partial charge in [-0.15, -0.1) is 0 Å². The topological polar surface area (TPSA) is 72.9 Å². The molecule has 0 saturated heterocycles. The lowest BCUT2D eigenvalue weighted by molar-refractivity contribution is -0.140. The predicted molar refractivity (Wildman–Crippen MR) is 59.5 cm³/mol. The molecule has 6 nitrogen and oxygen atoms in total. The number of hydrogen-bond donors (Lipinski definition) is 0. The Balaban J connectivity index is 4.37. The molecule has 0 radical (unpaired) electrons. The van der Waals surface area contributed by atoms with Crippen molar-refractivity contribution in [2.75, 3.05) is 39.7 Å². The molecule has 0 aliphatic carbocycles. The number of carbonyl (C=O) groups excluding carboxylic acids is 1. The van der Waals surface area contributed by atoms with Gasteiger partial charge in [0.2, 0.25) is 10.0 Å². The number of ether oxygens (including phenoxy) is 2. The van der Waals surface area contributed by atoms with Crippen LogP contribution in [0.1, 0.15) is 13.3 Å². The van der Waals surface area contributed by atoms with Gasteiger partial charge in [0.05, 0.1) is 12.9 Å². The Labute approximate surface area is 96.6 Å². The molecule has 7 heteroatoms. The van der Waals surface area contributed by atoms with Crippen molar-refractivity contribution < 1.29 is 22.7 Å². The summed E-state index contributed by atoms with van der Waals surface area (Å²) in [6, 6.07) is 0. The summed E-state index contributed by atoms with van der Waals surface area (Å²) in [5.74, 6) is -0.580. The molecule has 0 aliphatic rings. The van der Waals surface area contributed by atoms with Crippen LogP contribution >= 0.6 is 0 Å². The van der Waals surface area contributed by atoms with E-state index in [-0.39, 0.29) is 18.8 Å². The van der Waals surface area contributed by atoms with Crippen LogP contribution in [-0.2, 0) is 24.3 Å². The number of sulfonamides is 1. The SMILES string of the molecule is CCN(CC(=O)OC)S(=O)(=O)CCCOC. The third-order valence-corrected chi connectivity index (χ3v) is 4.01. The van der Waals surface area contributed by atoms with Gasteiger partial charge in [-0.1, -0.05) is 6.92 Å². The molecular formula is C9H19NO5S. The second kappa shape index (κ2) is 7.59. The average Bonchev–Trinajstić information content (AvgIpc) is 2.25. The maximum atomic E-state index is 11.8. The summed E-state index contributed by atoms with van der Waals surface area (Å²) in [5, 5.41) is 0. The summed E-state index contributed by atoms with van der Waals surface area (Å²) >= 11 is 0. The minimum Gasteiger partial charge on any atom is -0.468 e. The minimum atomic E-state index is -3.40. The standard InChI is InChI=1S/C9H19NO5S/c1-4-10(8-9(11)15-3)16(12,13)7-5-6-14-2/h4-8H2,1-3H3. The Morgan fingerprint density at radius 3 is 2.38 bits per heavy atom. The molecule has 0 fully saturated rings. The molecule has 0 amide bonds. The summed E-state index contributed by atoms with van der Waals surface area (Å²) in [7, 11) is -0.655. The summed E-state index contributed by atoms with van der Waals surface area (Å²) in [5.41, 5.74) is 0. The lowest BCUT2D eigenvalue weighted by atomic mass is 10.5. The molecule has 0 heterocycles. The number of nitrogens with zero attached hydrogens (tertiary/aromatic N) is 1. The largest absolute Gasteiger partial charge is 0.468 e. The van der Waals surface area contributed by atoms with E-state index in [1.165, 1.54) is 14.2 Å². The highest BCUT2D eigenvalue weighted by Gasteiger charge is 2.22. The van der Waals surface area contributed by atoms with Crippen LogP contribution in [0.5, 0.6) is 0 Å². The molecule has 0 atom stereocenters. The highest BCUT2D eigenvalue weighted by atomic mass is 32.2. The lowest BCUT2D eigenvalue weighted by Gasteiger charge is -2.18. The van der Waals surface area contributed by atoms with Crippen LogP contribution in [0.3, 0.4) is 0 Å². The van der Waals surface area contributed by atoms with E-state index in [0.717, 1.165) is 4.31 Å². The van der Waals surface area contributed by atoms with Crippen LogP contribution < -0.4 is 0 Å². The van der Waals surface area contributed by atoms with Crippen molar-refractivity contribution in [3.63, 3.8) is 0 Å². The highest BCUT2D eigenvalue weighted by Crippen LogP contribution is 2.03. The van der Waals surface area contributed by atoms with Gasteiger partial charge < -0.3 is 9.47 Å². The molecule has 0 aromatic rings. The first-order valence-electron chi connectivity index (χ1n) is 5.01. The monoisotopic (exact) mass is 253 g/mol. The van der Waals surface area contributed by atoms with Gasteiger partial charge in [0.1, 0.15) is 6.54 Å². The van der Waals surface area contributed by atoms with E-state index >= 15 is 0 Å². The predicted octanol–water partition coefficient (Wildman–Crippen LogP) is -0.152. The fourth-order valence-electron chi connectivity index (χ4n) is 1.13. The Morgan fingerprint density at radius 1 is 1.31 bits per heavy atom. The Kier molecular flexibility index (Phi) is 7.27. The van der Waals surface area contributed by atoms with Crippen LogP contribution in [0, 0.1) is 0 Å². The zero-order chi connectivity index (χ0) is 12.6. The van der Waals surface area contributed by atoms with E-state index in [2.05, 4.69) is 4.74 Å². The van der Waals surface area contributed by atoms with E-state index in [9.17, 15) is 13.2 Å². The number of esters is 1. The molecule has 0 rings (SSSR count). The van der Waals surface area contributed by atoms with Gasteiger partial charge in [-0.3, -0.25) is 4.79 Å². The Morgan fingerprint density at radius 2 is 1.94 bits per heavy atom. The fourth-order valence-corrected chi connectivity index (χ4v) is 2.57. The van der Waals surface area contributed by atoms with E-state index in [1.807, 2.05) is 0 Å². The van der Waals surface area contributed by atoms with Crippen molar-refractivity contribution in [1.29, 1.82) is 0 Å². The van der Waals surface area contributed by atoms with E-state index in [1.54, 1.807) is 6.92 Å². The van der Waals surface area contributed by atoms with Gasteiger partial charge in [-0.05, 0) is 6.42 Å². The second-order valence-corrected chi connectivity index (χ2v) is 5.25. The molecule has 0 aromatic carbocycles. The minimum absolute atomic E-state index is 0.0221. The summed E-state index contributed by atoms with van der Waals surface area (Å²) in [4.78, 5) is 11.0. The second-order valence-electron chi connectivity index (χ2n) is 3.16. The van der Waals surface area contributed by atoms with E-state index < -0.39 is 16.0 Å². The molecular weight excluding hydrogens is 234 g/mol. The number of methoxy groups -OCH3 is 2. The first kappa shape index (κ1) is 15.3. The van der Waals surface area contributed by atoms with Gasteiger partial charge >= 0.3 is 5.97 Å². The van der Waals surface area contributed by atoms with Gasteiger partial charge in [-0.25, -0.2) is 8.42 Å². The average molecular weight is 253 g/mol. The summed E-state index contributed by atoms with van der Waals surface area (Å²) in [6.07, 6.45) is 0.413.